The molecule has 0 bridgehead atoms. The van der Waals surface area contributed by atoms with Crippen LogP contribution in [0, 0.1) is 11.3 Å². The number of primary amides is 1. The third-order valence-electron chi connectivity index (χ3n) is 10.9. The number of hydrogen-bond acceptors (Lipinski definition) is 25. The first kappa shape index (κ1) is 66.1. The highest BCUT2D eigenvalue weighted by Gasteiger charge is 2.65. The molecule has 440 valence electrons. The molecule has 12 atom stereocenters. The van der Waals surface area contributed by atoms with Crippen LogP contribution in [0.1, 0.15) is 32.5 Å². The molecule has 4 saturated heterocycles. The van der Waals surface area contributed by atoms with Gasteiger partial charge in [-0.1, -0.05) is 0 Å². The lowest BCUT2D eigenvalue weighted by atomic mass is 10.1. The van der Waals surface area contributed by atoms with Crippen LogP contribution in [-0.2, 0) is 38.0 Å². The van der Waals surface area contributed by atoms with Gasteiger partial charge in [-0.15, -0.1) is 12.4 Å². The van der Waals surface area contributed by atoms with Gasteiger partial charge in [-0.3, -0.25) is 28.2 Å². The van der Waals surface area contributed by atoms with Crippen LogP contribution < -0.4 is 40.0 Å². The minimum absolute atomic E-state index is 0. The fourth-order valence-electron chi connectivity index (χ4n) is 7.18. The Morgan fingerprint density at radius 3 is 1.25 bits per heavy atom. The maximum absolute atomic E-state index is 14.5. The molecule has 0 aromatic carbocycles. The largest absolute Gasteiger partial charge is 0.463 e. The van der Waals surface area contributed by atoms with Crippen molar-refractivity contribution in [3.05, 3.63) is 80.5 Å². The number of nitriles is 1. The third kappa shape index (κ3) is 14.7. The van der Waals surface area contributed by atoms with Gasteiger partial charge in [-0.05, 0) is 18.2 Å². The fourth-order valence-corrected chi connectivity index (χ4v) is 7.18. The van der Waals surface area contributed by atoms with Gasteiger partial charge in [0.1, 0.15) is 48.5 Å². The predicted octanol–water partition coefficient (Wildman–Crippen LogP) is -3.18. The number of carbonyl (C=O) groups is 3. The lowest BCUT2D eigenvalue weighted by molar-refractivity contribution is -0.175. The number of alkyl halides is 8. The summed E-state index contributed by atoms with van der Waals surface area (Å²) in [5.74, 6) is -17.1. The molecule has 6 unspecified atom stereocenters. The number of allylic oxidation sites excluding steroid dienone is 1. The van der Waals surface area contributed by atoms with Crippen LogP contribution in [0.4, 0.5) is 57.4 Å². The molecule has 4 fully saturated rings. The molecule has 0 spiro atoms. The van der Waals surface area contributed by atoms with Crippen molar-refractivity contribution >= 4 is 47.8 Å². The normalized spacial score (nSPS) is 28.5. The van der Waals surface area contributed by atoms with E-state index in [2.05, 4.69) is 24.4 Å². The first-order valence-corrected chi connectivity index (χ1v) is 21.7. The van der Waals surface area contributed by atoms with E-state index in [4.69, 9.17) is 62.5 Å². The number of nitrogen functional groups attached to an aromatic ring is 3. The van der Waals surface area contributed by atoms with Crippen molar-refractivity contribution in [2.45, 2.75) is 111 Å². The average Bonchev–Trinajstić information content (AvgIpc) is 4.05. The molecule has 30 nitrogen and oxygen atoms in total. The second-order valence-corrected chi connectivity index (χ2v) is 16.3. The average molecular weight is 1170 g/mol. The first-order chi connectivity index (χ1) is 36.2. The van der Waals surface area contributed by atoms with E-state index in [9.17, 15) is 79.2 Å². The Hall–Kier alpha value is -7.19. The quantitative estimate of drug-likeness (QED) is 0.0514. The lowest BCUT2D eigenvalue weighted by Gasteiger charge is -2.28. The van der Waals surface area contributed by atoms with E-state index in [0.29, 0.717) is 19.9 Å². The van der Waals surface area contributed by atoms with Crippen molar-refractivity contribution in [3.8, 4) is 6.07 Å². The Labute approximate surface area is 441 Å². The number of rotatable bonds is 11. The summed E-state index contributed by atoms with van der Waals surface area (Å²) in [6.45, 7) is -1.03. The van der Waals surface area contributed by atoms with Crippen LogP contribution in [0.25, 0.3) is 0 Å². The van der Waals surface area contributed by atoms with Crippen molar-refractivity contribution in [2.24, 2.45) is 5.73 Å². The summed E-state index contributed by atoms with van der Waals surface area (Å²) in [6, 6.07) is 3.65. The van der Waals surface area contributed by atoms with Crippen LogP contribution in [-0.4, -0.2) is 187 Å². The monoisotopic (exact) mass is 1170 g/mol. The minimum atomic E-state index is -3.87. The zero-order chi connectivity index (χ0) is 59.0. The van der Waals surface area contributed by atoms with Gasteiger partial charge in [0.05, 0.1) is 25.9 Å². The van der Waals surface area contributed by atoms with Gasteiger partial charge in [0, 0.05) is 44.7 Å². The van der Waals surface area contributed by atoms with Gasteiger partial charge in [0.2, 0.25) is 24.9 Å². The number of nitrogens with two attached hydrogens (primary N) is 4. The molecule has 4 aliphatic heterocycles. The van der Waals surface area contributed by atoms with E-state index >= 15 is 0 Å². The number of ether oxygens (including phenoxy) is 6. The van der Waals surface area contributed by atoms with Crippen LogP contribution >= 0.6 is 12.4 Å². The Bertz CT molecular complexity index is 2650. The van der Waals surface area contributed by atoms with Gasteiger partial charge < -0.3 is 82.0 Å². The number of nitrogens with zero attached hydrogens (tertiary/aromatic N) is 8. The summed E-state index contributed by atoms with van der Waals surface area (Å²) in [5, 5.41) is 62.8. The fraction of sp³-hybridized carbons (Fsp3) is 0.550. The molecule has 0 saturated carbocycles. The van der Waals surface area contributed by atoms with E-state index in [-0.39, 0.29) is 34.8 Å². The highest BCUT2D eigenvalue weighted by atomic mass is 35.5. The van der Waals surface area contributed by atoms with Crippen LogP contribution in [0.3, 0.4) is 0 Å². The number of amides is 2. The number of carbonyl (C=O) groups excluding carboxylic acids is 3. The van der Waals surface area contributed by atoms with Crippen LogP contribution in [0.2, 0.25) is 0 Å². The van der Waals surface area contributed by atoms with E-state index in [1.807, 2.05) is 0 Å². The second kappa shape index (κ2) is 26.6. The maximum Gasteiger partial charge on any atom is 0.351 e. The molecule has 0 radical (unpaired) electrons. The third-order valence-corrected chi connectivity index (χ3v) is 10.9. The Morgan fingerprint density at radius 1 is 0.658 bits per heavy atom. The number of urea groups is 1. The minimum Gasteiger partial charge on any atom is -0.463 e. The summed E-state index contributed by atoms with van der Waals surface area (Å²) in [7, 11) is 0. The highest BCUT2D eigenvalue weighted by molar-refractivity contribution is 5.85. The molecule has 3 aromatic heterocycles. The summed E-state index contributed by atoms with van der Waals surface area (Å²) < 4.78 is 141. The van der Waals surface area contributed by atoms with Gasteiger partial charge in [-0.25, -0.2) is 19.2 Å². The number of hydrogen-bond donors (Lipinski definition) is 10. The smallest absolute Gasteiger partial charge is 0.351 e. The van der Waals surface area contributed by atoms with E-state index in [0.717, 1.165) is 56.7 Å². The number of anilines is 3. The Morgan fingerprint density at radius 2 is 1.00 bits per heavy atom. The summed E-state index contributed by atoms with van der Waals surface area (Å²) in [6.07, 6.45) is -18.5. The van der Waals surface area contributed by atoms with E-state index in [1.165, 1.54) is 6.07 Å². The topological polar surface area (TPSA) is 464 Å². The summed E-state index contributed by atoms with van der Waals surface area (Å²) in [4.78, 5) is 77.7. The molecule has 14 N–H and O–H groups in total. The van der Waals surface area contributed by atoms with Crippen molar-refractivity contribution < 1.29 is 109 Å². The number of aliphatic hydroxyl groups is 6. The Kier molecular flexibility index (Phi) is 22.3. The highest BCUT2D eigenvalue weighted by Crippen LogP contribution is 2.45. The van der Waals surface area contributed by atoms with Crippen molar-refractivity contribution in [3.63, 3.8) is 0 Å². The predicted molar refractivity (Wildman–Crippen MR) is 244 cm³/mol. The molecule has 7 heterocycles. The molecular weight excluding hydrogens is 1120 g/mol. The zero-order valence-electron chi connectivity index (χ0n) is 40.3. The standard InChI is InChI=1S/C13H15F2N3O6.3C9H11F2N3O4.ClH/c1-7(19)22-6-9-10(23-8(2)20)13(14,15)11(24-9)18(12(17)21)5-3-4-16;3*10-9(11)6(16)4(3-15)18-7(9)14-2-1-5(12)13-8(14)17;/h3,5,9-11H,6H2,1-2H3,(H2,17,21);3*1-2,4,6-7,15-16H,3H2,(H2,12,13,17);1H/b5-3-;;;;/t9-,10?,11?;4-,6?,7?;2*4-,6?,7-;/m1111./s1. The molecule has 3 aromatic rings. The summed E-state index contributed by atoms with van der Waals surface area (Å²) >= 11 is 0. The molecule has 0 aliphatic carbocycles. The van der Waals surface area contributed by atoms with E-state index in [1.54, 1.807) is 0 Å². The molecule has 39 heteroatoms. The number of aromatic nitrogens is 6. The van der Waals surface area contributed by atoms with Crippen LogP contribution in [0.5, 0.6) is 0 Å². The molecular formula is C40H49ClF8N12O18. The first-order valence-electron chi connectivity index (χ1n) is 21.7. The number of halogens is 9. The molecule has 2 amide bonds. The van der Waals surface area contributed by atoms with Crippen molar-refractivity contribution in [1.82, 2.24) is 33.6 Å². The van der Waals surface area contributed by atoms with E-state index < -0.39 is 159 Å². The van der Waals surface area contributed by atoms with Gasteiger partial charge in [0.15, 0.2) is 24.4 Å². The SMILES string of the molecule is CC(=O)OC[C@H]1OC(N(/C=C\C#N)C(N)=O)C(F)(F)C1OC(C)=O.Cl.Nc1ccn(C2O[C@H](CO)C(O)C2(F)F)c(=O)n1.Nc1ccn([C@@H]2O[C@H](CO)C(O)C2(F)F)c(=O)n1.Nc1ccn([C@@H]2O[C@H](CO)C(O)C2(F)F)c(=O)n1. The van der Waals surface area contributed by atoms with Gasteiger partial charge in [0.25, 0.3) is 0 Å². The van der Waals surface area contributed by atoms with Crippen LogP contribution in [0.15, 0.2) is 63.4 Å². The number of esters is 2. The van der Waals surface area contributed by atoms with Crippen molar-refractivity contribution in [1.29, 1.82) is 5.26 Å². The van der Waals surface area contributed by atoms with Gasteiger partial charge >= 0.3 is 58.7 Å². The number of aliphatic hydroxyl groups excluding tert-OH is 6. The van der Waals surface area contributed by atoms with Crippen molar-refractivity contribution in [2.75, 3.05) is 43.6 Å². The Balaban J connectivity index is 0.000000278. The zero-order valence-corrected chi connectivity index (χ0v) is 41.1. The van der Waals surface area contributed by atoms with Gasteiger partial charge in [-0.2, -0.15) is 55.3 Å². The second-order valence-electron chi connectivity index (χ2n) is 16.3. The molecule has 7 rings (SSSR count). The maximum atomic E-state index is 14.5. The molecule has 4 aliphatic rings. The summed E-state index contributed by atoms with van der Waals surface area (Å²) in [5.41, 5.74) is 17.6. The lowest BCUT2D eigenvalue weighted by Crippen LogP contribution is -2.51. The molecule has 79 heavy (non-hydrogen) atoms.